The number of para-hydroxylation sites is 1. The van der Waals surface area contributed by atoms with Crippen LogP contribution < -0.4 is 10.2 Å². The number of phenolic OH excluding ortho intramolecular Hbond substituents is 1. The molecular weight excluding hydrogens is 304 g/mol. The van der Waals surface area contributed by atoms with Crippen molar-refractivity contribution in [1.29, 1.82) is 0 Å². The van der Waals surface area contributed by atoms with Crippen molar-refractivity contribution in [3.63, 3.8) is 0 Å². The molecule has 3 rings (SSSR count). The molecule has 0 saturated carbocycles. The average molecular weight is 324 g/mol. The van der Waals surface area contributed by atoms with Crippen LogP contribution in [-0.2, 0) is 9.59 Å². The van der Waals surface area contributed by atoms with E-state index in [0.717, 1.165) is 16.8 Å². The van der Waals surface area contributed by atoms with E-state index < -0.39 is 6.04 Å². The summed E-state index contributed by atoms with van der Waals surface area (Å²) in [5.74, 6) is -0.394. The first-order chi connectivity index (χ1) is 11.4. The Hall–Kier alpha value is -2.82. The van der Waals surface area contributed by atoms with Crippen molar-refractivity contribution in [2.24, 2.45) is 0 Å². The fourth-order valence-electron chi connectivity index (χ4n) is 3.10. The van der Waals surface area contributed by atoms with E-state index >= 15 is 0 Å². The quantitative estimate of drug-likeness (QED) is 0.851. The van der Waals surface area contributed by atoms with Crippen molar-refractivity contribution in [1.82, 2.24) is 0 Å². The number of amides is 2. The summed E-state index contributed by atoms with van der Waals surface area (Å²) in [6, 6.07) is 9.95. The van der Waals surface area contributed by atoms with E-state index in [1.54, 1.807) is 19.1 Å². The monoisotopic (exact) mass is 324 g/mol. The lowest BCUT2D eigenvalue weighted by atomic mass is 10.1. The summed E-state index contributed by atoms with van der Waals surface area (Å²) >= 11 is 0. The van der Waals surface area contributed by atoms with Gasteiger partial charge in [0, 0.05) is 5.69 Å². The van der Waals surface area contributed by atoms with Crippen molar-refractivity contribution in [3.8, 4) is 5.75 Å². The second-order valence-electron chi connectivity index (χ2n) is 6.21. The van der Waals surface area contributed by atoms with Crippen molar-refractivity contribution < 1.29 is 14.7 Å². The standard InChI is InChI=1S/C19H20N2O3/c1-11-5-4-6-12(2)18(11)20-15-10-17(23)21(19(15)24)16-8-7-14(22)9-13(16)3/h4-9,15,20,22H,10H2,1-3H3. The van der Waals surface area contributed by atoms with Gasteiger partial charge in [-0.1, -0.05) is 18.2 Å². The van der Waals surface area contributed by atoms with E-state index in [2.05, 4.69) is 5.32 Å². The molecule has 0 spiro atoms. The van der Waals surface area contributed by atoms with Gasteiger partial charge in [0.05, 0.1) is 12.1 Å². The highest BCUT2D eigenvalue weighted by molar-refractivity contribution is 6.23. The first kappa shape index (κ1) is 16.1. The van der Waals surface area contributed by atoms with Crippen LogP contribution in [0.1, 0.15) is 23.1 Å². The number of aryl methyl sites for hydroxylation is 3. The normalized spacial score (nSPS) is 17.5. The van der Waals surface area contributed by atoms with Gasteiger partial charge in [0.1, 0.15) is 11.8 Å². The summed E-state index contributed by atoms with van der Waals surface area (Å²) in [5.41, 5.74) is 4.18. The second kappa shape index (κ2) is 6.00. The van der Waals surface area contributed by atoms with Gasteiger partial charge in [-0.05, 0) is 55.7 Å². The molecule has 5 heteroatoms. The molecule has 2 aromatic carbocycles. The summed E-state index contributed by atoms with van der Waals surface area (Å²) in [6.07, 6.45) is 0.118. The highest BCUT2D eigenvalue weighted by atomic mass is 16.3. The molecule has 1 unspecified atom stereocenters. The van der Waals surface area contributed by atoms with Gasteiger partial charge >= 0.3 is 0 Å². The molecule has 5 nitrogen and oxygen atoms in total. The number of phenols is 1. The molecule has 1 heterocycles. The zero-order valence-corrected chi connectivity index (χ0v) is 14.0. The molecule has 0 aromatic heterocycles. The molecule has 1 fully saturated rings. The van der Waals surface area contributed by atoms with E-state index in [0.29, 0.717) is 11.3 Å². The van der Waals surface area contributed by atoms with Crippen molar-refractivity contribution in [2.45, 2.75) is 33.2 Å². The number of nitrogens with zero attached hydrogens (tertiary/aromatic N) is 1. The summed E-state index contributed by atoms with van der Waals surface area (Å²) in [6.45, 7) is 5.71. The third kappa shape index (κ3) is 2.73. The number of anilines is 2. The van der Waals surface area contributed by atoms with Gasteiger partial charge in [-0.2, -0.15) is 0 Å². The maximum absolute atomic E-state index is 12.8. The number of imide groups is 1. The Kier molecular flexibility index (Phi) is 4.01. The Morgan fingerprint density at radius 2 is 1.71 bits per heavy atom. The number of hydrogen-bond acceptors (Lipinski definition) is 4. The first-order valence-electron chi connectivity index (χ1n) is 7.87. The summed E-state index contributed by atoms with van der Waals surface area (Å²) < 4.78 is 0. The number of benzene rings is 2. The van der Waals surface area contributed by atoms with Crippen molar-refractivity contribution in [3.05, 3.63) is 53.1 Å². The third-order valence-corrected chi connectivity index (χ3v) is 4.37. The minimum Gasteiger partial charge on any atom is -0.508 e. The molecule has 0 radical (unpaired) electrons. The fraction of sp³-hybridized carbons (Fsp3) is 0.263. The number of carbonyl (C=O) groups is 2. The number of nitrogens with one attached hydrogen (secondary N) is 1. The van der Waals surface area contributed by atoms with Crippen LogP contribution in [-0.4, -0.2) is 23.0 Å². The van der Waals surface area contributed by atoms with Gasteiger partial charge in [-0.15, -0.1) is 0 Å². The van der Waals surface area contributed by atoms with E-state index in [1.165, 1.54) is 11.0 Å². The smallest absolute Gasteiger partial charge is 0.256 e. The molecule has 24 heavy (non-hydrogen) atoms. The van der Waals surface area contributed by atoms with Crippen LogP contribution in [0.25, 0.3) is 0 Å². The Morgan fingerprint density at radius 3 is 2.33 bits per heavy atom. The van der Waals surface area contributed by atoms with Gasteiger partial charge < -0.3 is 10.4 Å². The summed E-state index contributed by atoms with van der Waals surface area (Å²) in [5, 5.41) is 12.7. The van der Waals surface area contributed by atoms with E-state index in [4.69, 9.17) is 0 Å². The Bertz CT molecular complexity index is 809. The lowest BCUT2D eigenvalue weighted by molar-refractivity contribution is -0.121. The van der Waals surface area contributed by atoms with Crippen LogP contribution >= 0.6 is 0 Å². The van der Waals surface area contributed by atoms with Gasteiger partial charge in [0.25, 0.3) is 5.91 Å². The predicted octanol–water partition coefficient (Wildman–Crippen LogP) is 3.06. The Morgan fingerprint density at radius 1 is 1.04 bits per heavy atom. The highest BCUT2D eigenvalue weighted by Gasteiger charge is 2.40. The number of hydrogen-bond donors (Lipinski definition) is 2. The van der Waals surface area contributed by atoms with E-state index in [1.807, 2.05) is 32.0 Å². The topological polar surface area (TPSA) is 69.6 Å². The predicted molar refractivity (Wildman–Crippen MR) is 93.3 cm³/mol. The zero-order valence-electron chi connectivity index (χ0n) is 14.0. The molecule has 0 aliphatic carbocycles. The molecule has 0 bridgehead atoms. The van der Waals surface area contributed by atoms with E-state index in [-0.39, 0.29) is 24.0 Å². The van der Waals surface area contributed by atoms with Crippen molar-refractivity contribution in [2.75, 3.05) is 10.2 Å². The van der Waals surface area contributed by atoms with Crippen LogP contribution in [0, 0.1) is 20.8 Å². The SMILES string of the molecule is Cc1cc(O)ccc1N1C(=O)CC(Nc2c(C)cccc2C)C1=O. The minimum absolute atomic E-state index is 0.112. The molecule has 124 valence electrons. The first-order valence-corrected chi connectivity index (χ1v) is 7.87. The highest BCUT2D eigenvalue weighted by Crippen LogP contribution is 2.30. The van der Waals surface area contributed by atoms with Gasteiger partial charge in [-0.25, -0.2) is 4.90 Å². The Balaban J connectivity index is 1.89. The number of aromatic hydroxyl groups is 1. The van der Waals surface area contributed by atoms with Gasteiger partial charge in [-0.3, -0.25) is 9.59 Å². The lowest BCUT2D eigenvalue weighted by Crippen LogP contribution is -2.35. The number of carbonyl (C=O) groups excluding carboxylic acids is 2. The molecule has 2 N–H and O–H groups in total. The molecule has 1 atom stereocenters. The lowest BCUT2D eigenvalue weighted by Gasteiger charge is -2.19. The fourth-order valence-corrected chi connectivity index (χ4v) is 3.10. The maximum atomic E-state index is 12.8. The minimum atomic E-state index is -0.578. The van der Waals surface area contributed by atoms with Crippen LogP contribution in [0.4, 0.5) is 11.4 Å². The number of rotatable bonds is 3. The average Bonchev–Trinajstić information content (AvgIpc) is 2.78. The van der Waals surface area contributed by atoms with Crippen LogP contribution in [0.5, 0.6) is 5.75 Å². The largest absolute Gasteiger partial charge is 0.508 e. The molecule has 1 saturated heterocycles. The molecule has 2 aromatic rings. The van der Waals surface area contributed by atoms with Crippen LogP contribution in [0.2, 0.25) is 0 Å². The molecule has 1 aliphatic heterocycles. The third-order valence-electron chi connectivity index (χ3n) is 4.37. The van der Waals surface area contributed by atoms with Crippen LogP contribution in [0.15, 0.2) is 36.4 Å². The molecular formula is C19H20N2O3. The van der Waals surface area contributed by atoms with Gasteiger partial charge in [0.15, 0.2) is 0 Å². The second-order valence-corrected chi connectivity index (χ2v) is 6.21. The van der Waals surface area contributed by atoms with Gasteiger partial charge in [0.2, 0.25) is 5.91 Å². The zero-order chi connectivity index (χ0) is 17.4. The molecule has 2 amide bonds. The summed E-state index contributed by atoms with van der Waals surface area (Å²) in [7, 11) is 0. The summed E-state index contributed by atoms with van der Waals surface area (Å²) in [4.78, 5) is 26.4. The van der Waals surface area contributed by atoms with Crippen molar-refractivity contribution >= 4 is 23.2 Å². The molecule has 1 aliphatic rings. The maximum Gasteiger partial charge on any atom is 0.256 e. The van der Waals surface area contributed by atoms with E-state index in [9.17, 15) is 14.7 Å². The Labute approximate surface area is 140 Å². The van der Waals surface area contributed by atoms with Crippen LogP contribution in [0.3, 0.4) is 0 Å².